The molecular weight excluding hydrogens is 349 g/mol. The number of alkyl halides is 1. The third-order valence-corrected chi connectivity index (χ3v) is 2.95. The summed E-state index contributed by atoms with van der Waals surface area (Å²) in [6.45, 7) is -4.14. The van der Waals surface area contributed by atoms with Gasteiger partial charge in [0.05, 0.1) is 10.3 Å². The smallest absolute Gasteiger partial charge is 0.385 e. The first kappa shape index (κ1) is 13.9. The summed E-state index contributed by atoms with van der Waals surface area (Å²) in [7, 11) is -5.69. The zero-order valence-electron chi connectivity index (χ0n) is 13.7. The Bertz CT molecular complexity index is 890. The fourth-order valence-electron chi connectivity index (χ4n) is 1.62. The number of ether oxygens (including phenoxy) is 1. The van der Waals surface area contributed by atoms with Crippen molar-refractivity contribution < 1.29 is 46.7 Å². The third kappa shape index (κ3) is 3.55. The van der Waals surface area contributed by atoms with Crippen molar-refractivity contribution in [3.05, 3.63) is 32.9 Å². The summed E-state index contributed by atoms with van der Waals surface area (Å²) in [5.41, 5.74) is -3.13. The molecule has 0 amide bonds. The fourth-order valence-corrected chi connectivity index (χ4v) is 1.86. The number of halogens is 2. The zero-order valence-corrected chi connectivity index (χ0v) is 11.6. The Hall–Kier alpha value is -1.47. The molecule has 4 atom stereocenters. The molecule has 1 aromatic heterocycles. The monoisotopic (exact) mass is 363 g/mol. The lowest BCUT2D eigenvalue weighted by Crippen LogP contribution is -2.43. The molecule has 11 nitrogen and oxygen atoms in total. The molecule has 0 radical (unpaired) electrons. The van der Waals surface area contributed by atoms with Crippen LogP contribution < -0.4 is 11.2 Å². The molecule has 0 bridgehead atoms. The average Bonchev–Trinajstić information content (AvgIpc) is 2.63. The number of aliphatic hydroxyl groups is 2. The van der Waals surface area contributed by atoms with Gasteiger partial charge in [0, 0.05) is 0 Å². The van der Waals surface area contributed by atoms with Gasteiger partial charge >= 0.3 is 13.5 Å². The quantitative estimate of drug-likeness (QED) is 0.369. The standard InChI is InChI=1S/C9H11F2N2O9P/c10-3-1-13(8(17)12-6(3)16)7-4(14)5(15)9(11,22-7)2-21-23(18,19)20/h1,4-5,7,14-15H,2H2,(H,12,16,17)(H2,18,19,20)/t4-,5+,7-,9-/m1/s1/i2D2,7D. The lowest BCUT2D eigenvalue weighted by molar-refractivity contribution is -0.205. The van der Waals surface area contributed by atoms with Crippen molar-refractivity contribution in [3.8, 4) is 0 Å². The molecule has 0 saturated carbocycles. The SMILES string of the molecule is [2H]C([2H])(OP(=O)(O)O)[C@@]1(F)O[C@@]([2H])(n2cc(F)c(=O)[nH]c2=O)[C@H](O)[C@@H]1O. The fraction of sp³-hybridized carbons (Fsp3) is 0.556. The maximum Gasteiger partial charge on any atom is 0.469 e. The second-order valence-corrected chi connectivity index (χ2v) is 5.43. The van der Waals surface area contributed by atoms with E-state index in [0.717, 1.165) is 0 Å². The van der Waals surface area contributed by atoms with Crippen LogP contribution in [0.25, 0.3) is 0 Å². The molecular formula is C9H11F2N2O9P. The predicted octanol–water partition coefficient (Wildman–Crippen LogP) is -2.30. The predicted molar refractivity (Wildman–Crippen MR) is 65.3 cm³/mol. The van der Waals surface area contributed by atoms with Crippen LogP contribution in [0.2, 0.25) is 0 Å². The summed E-state index contributed by atoms with van der Waals surface area (Å²) in [5, 5.41) is 19.6. The lowest BCUT2D eigenvalue weighted by atomic mass is 10.1. The molecule has 14 heteroatoms. The van der Waals surface area contributed by atoms with Gasteiger partial charge < -0.3 is 24.7 Å². The molecule has 2 heterocycles. The van der Waals surface area contributed by atoms with E-state index in [1.54, 1.807) is 0 Å². The third-order valence-electron chi connectivity index (χ3n) is 2.63. The molecule has 2 rings (SSSR count). The number of hydrogen-bond donors (Lipinski definition) is 5. The molecule has 0 aliphatic carbocycles. The molecule has 1 saturated heterocycles. The molecule has 0 aromatic carbocycles. The van der Waals surface area contributed by atoms with Crippen molar-refractivity contribution in [2.24, 2.45) is 0 Å². The van der Waals surface area contributed by atoms with E-state index in [0.29, 0.717) is 0 Å². The van der Waals surface area contributed by atoms with Crippen molar-refractivity contribution in [1.29, 1.82) is 0 Å². The second kappa shape index (κ2) is 5.87. The Morgan fingerprint density at radius 2 is 2.17 bits per heavy atom. The van der Waals surface area contributed by atoms with Gasteiger partial charge in [0.2, 0.25) is 5.82 Å². The summed E-state index contributed by atoms with van der Waals surface area (Å²) in [6.07, 6.45) is -9.23. The van der Waals surface area contributed by atoms with Crippen molar-refractivity contribution in [2.45, 2.75) is 24.3 Å². The number of H-pyrrole nitrogens is 1. The molecule has 130 valence electrons. The number of aromatic nitrogens is 2. The maximum atomic E-state index is 14.9. The molecule has 0 spiro atoms. The van der Waals surface area contributed by atoms with Crippen LogP contribution in [0.15, 0.2) is 15.8 Å². The summed E-state index contributed by atoms with van der Waals surface area (Å²) in [5.74, 6) is -5.96. The van der Waals surface area contributed by atoms with Gasteiger partial charge in [-0.2, -0.15) is 4.39 Å². The number of nitrogens with zero attached hydrogens (tertiary/aromatic N) is 1. The molecule has 1 fully saturated rings. The highest BCUT2D eigenvalue weighted by Gasteiger charge is 2.57. The van der Waals surface area contributed by atoms with Crippen LogP contribution in [-0.2, 0) is 13.8 Å². The highest BCUT2D eigenvalue weighted by molar-refractivity contribution is 7.46. The largest absolute Gasteiger partial charge is 0.469 e. The van der Waals surface area contributed by atoms with E-state index in [2.05, 4.69) is 9.26 Å². The van der Waals surface area contributed by atoms with Gasteiger partial charge in [-0.3, -0.25) is 18.9 Å². The van der Waals surface area contributed by atoms with Crippen molar-refractivity contribution in [2.75, 3.05) is 6.56 Å². The minimum atomic E-state index is -5.69. The summed E-state index contributed by atoms with van der Waals surface area (Å²) < 4.78 is 69.0. The number of rotatable bonds is 4. The molecule has 23 heavy (non-hydrogen) atoms. The van der Waals surface area contributed by atoms with Gasteiger partial charge in [-0.25, -0.2) is 13.8 Å². The van der Waals surface area contributed by atoms with E-state index in [1.165, 1.54) is 4.98 Å². The van der Waals surface area contributed by atoms with Crippen LogP contribution in [0.5, 0.6) is 0 Å². The Morgan fingerprint density at radius 3 is 2.74 bits per heavy atom. The normalized spacial score (nSPS) is 37.2. The van der Waals surface area contributed by atoms with E-state index < -0.39 is 55.7 Å². The van der Waals surface area contributed by atoms with Gasteiger partial charge in [-0.1, -0.05) is 0 Å². The van der Waals surface area contributed by atoms with Crippen molar-refractivity contribution >= 4 is 7.82 Å². The second-order valence-electron chi connectivity index (χ2n) is 4.27. The van der Waals surface area contributed by atoms with Crippen LogP contribution in [0, 0.1) is 5.82 Å². The maximum absolute atomic E-state index is 14.9. The summed E-state index contributed by atoms with van der Waals surface area (Å²) in [6, 6.07) is 0. The van der Waals surface area contributed by atoms with E-state index in [9.17, 15) is 33.1 Å². The number of hydrogen-bond acceptors (Lipinski definition) is 7. The number of phosphoric acid groups is 1. The van der Waals surface area contributed by atoms with Crippen LogP contribution in [0.4, 0.5) is 8.78 Å². The number of nitrogens with one attached hydrogen (secondary N) is 1. The van der Waals surface area contributed by atoms with Crippen molar-refractivity contribution in [3.63, 3.8) is 0 Å². The summed E-state index contributed by atoms with van der Waals surface area (Å²) >= 11 is 0. The topological polar surface area (TPSA) is 171 Å². The molecule has 5 N–H and O–H groups in total. The Kier molecular flexibility index (Phi) is 3.55. The van der Waals surface area contributed by atoms with E-state index >= 15 is 0 Å². The Morgan fingerprint density at radius 1 is 1.57 bits per heavy atom. The zero-order chi connectivity index (χ0) is 20.3. The molecule has 1 aromatic rings. The number of aliphatic hydroxyl groups excluding tert-OH is 2. The van der Waals surface area contributed by atoms with Gasteiger partial charge in [-0.05, 0) is 0 Å². The highest BCUT2D eigenvalue weighted by atomic mass is 31.2. The van der Waals surface area contributed by atoms with Crippen LogP contribution >= 0.6 is 7.82 Å². The van der Waals surface area contributed by atoms with Crippen LogP contribution in [-0.4, -0.2) is 54.2 Å². The lowest BCUT2D eigenvalue weighted by Gasteiger charge is -2.22. The van der Waals surface area contributed by atoms with E-state index in [4.69, 9.17) is 13.9 Å². The summed E-state index contributed by atoms with van der Waals surface area (Å²) in [4.78, 5) is 41.3. The van der Waals surface area contributed by atoms with Gasteiger partial charge in [-0.15, -0.1) is 0 Å². The van der Waals surface area contributed by atoms with Gasteiger partial charge in [0.15, 0.2) is 6.20 Å². The minimum Gasteiger partial charge on any atom is -0.385 e. The van der Waals surface area contributed by atoms with Gasteiger partial charge in [0.25, 0.3) is 11.4 Å². The van der Waals surface area contributed by atoms with Crippen LogP contribution in [0.1, 0.15) is 10.3 Å². The van der Waals surface area contributed by atoms with Gasteiger partial charge in [0.1, 0.15) is 18.8 Å². The average molecular weight is 363 g/mol. The Labute approximate surface area is 129 Å². The molecule has 1 aliphatic heterocycles. The van der Waals surface area contributed by atoms with E-state index in [1.807, 2.05) is 0 Å². The number of aromatic amines is 1. The van der Waals surface area contributed by atoms with Crippen LogP contribution in [0.3, 0.4) is 0 Å². The first-order chi connectivity index (χ1) is 11.5. The highest BCUT2D eigenvalue weighted by Crippen LogP contribution is 2.43. The first-order valence-electron chi connectivity index (χ1n) is 7.08. The first-order valence-corrected chi connectivity index (χ1v) is 7.12. The minimum absolute atomic E-state index is 0.0231. The Balaban J connectivity index is 2.59. The molecule has 0 unspecified atom stereocenters. The number of phosphoric ester groups is 1. The van der Waals surface area contributed by atoms with E-state index in [-0.39, 0.29) is 10.8 Å². The molecule has 1 aliphatic rings. The van der Waals surface area contributed by atoms with Crippen molar-refractivity contribution in [1.82, 2.24) is 9.55 Å².